The highest BCUT2D eigenvalue weighted by molar-refractivity contribution is 8.00. The first-order valence-corrected chi connectivity index (χ1v) is 9.74. The van der Waals surface area contributed by atoms with Crippen LogP contribution in [0.5, 0.6) is 0 Å². The highest BCUT2D eigenvalue weighted by atomic mass is 32.2. The molecular formula is C20H28N2S. The van der Waals surface area contributed by atoms with Gasteiger partial charge in [0.25, 0.3) is 0 Å². The van der Waals surface area contributed by atoms with Crippen LogP contribution in [0.2, 0.25) is 0 Å². The number of hydrogen-bond acceptors (Lipinski definition) is 2. The predicted molar refractivity (Wildman–Crippen MR) is 103 cm³/mol. The van der Waals surface area contributed by atoms with E-state index in [1.165, 1.54) is 43.4 Å². The predicted octanol–water partition coefficient (Wildman–Crippen LogP) is 5.67. The third-order valence-corrected chi connectivity index (χ3v) is 5.09. The Morgan fingerprint density at radius 3 is 2.70 bits per heavy atom. The first-order valence-electron chi connectivity index (χ1n) is 8.69. The van der Waals surface area contributed by atoms with Crippen molar-refractivity contribution in [2.45, 2.75) is 50.8 Å². The van der Waals surface area contributed by atoms with Crippen molar-refractivity contribution >= 4 is 17.8 Å². The molecule has 0 saturated heterocycles. The molecule has 1 aromatic heterocycles. The Morgan fingerprint density at radius 2 is 1.96 bits per heavy atom. The quantitative estimate of drug-likeness (QED) is 0.495. The lowest BCUT2D eigenvalue weighted by Gasteiger charge is -2.13. The van der Waals surface area contributed by atoms with Crippen molar-refractivity contribution in [2.75, 3.05) is 5.75 Å². The van der Waals surface area contributed by atoms with E-state index < -0.39 is 0 Å². The Bertz CT molecular complexity index is 534. The van der Waals surface area contributed by atoms with Crippen molar-refractivity contribution in [3.05, 3.63) is 60.7 Å². The zero-order valence-electron chi connectivity index (χ0n) is 14.1. The van der Waals surface area contributed by atoms with Crippen molar-refractivity contribution < 1.29 is 0 Å². The van der Waals surface area contributed by atoms with Crippen LogP contribution in [0, 0.1) is 0 Å². The number of unbranched alkanes of at least 4 members (excludes halogenated alkanes) is 4. The fraction of sp³-hybridized carbons (Fsp3) is 0.450. The molecule has 2 nitrogen and oxygen atoms in total. The molecule has 124 valence electrons. The molecule has 0 amide bonds. The van der Waals surface area contributed by atoms with Crippen LogP contribution >= 0.6 is 11.8 Å². The van der Waals surface area contributed by atoms with Crippen LogP contribution in [-0.4, -0.2) is 20.6 Å². The highest BCUT2D eigenvalue weighted by Crippen LogP contribution is 2.19. The molecule has 0 aliphatic heterocycles. The summed E-state index contributed by atoms with van der Waals surface area (Å²) in [5.41, 5.74) is 1.27. The van der Waals surface area contributed by atoms with E-state index in [4.69, 9.17) is 0 Å². The first-order chi connectivity index (χ1) is 11.4. The van der Waals surface area contributed by atoms with Crippen LogP contribution in [0.3, 0.4) is 0 Å². The van der Waals surface area contributed by atoms with Gasteiger partial charge in [0, 0.05) is 24.2 Å². The van der Waals surface area contributed by atoms with Crippen molar-refractivity contribution in [1.29, 1.82) is 0 Å². The molecule has 0 N–H and O–H groups in total. The van der Waals surface area contributed by atoms with Crippen LogP contribution in [0.25, 0.3) is 6.08 Å². The van der Waals surface area contributed by atoms with Gasteiger partial charge in [-0.2, -0.15) is 11.8 Å². The van der Waals surface area contributed by atoms with Crippen molar-refractivity contribution in [2.24, 2.45) is 0 Å². The fourth-order valence-electron chi connectivity index (χ4n) is 2.49. The summed E-state index contributed by atoms with van der Waals surface area (Å²) in [6.45, 7) is 3.26. The second-order valence-electron chi connectivity index (χ2n) is 5.85. The van der Waals surface area contributed by atoms with E-state index in [0.29, 0.717) is 5.25 Å². The molecule has 1 unspecified atom stereocenters. The standard InChI is InChI=1S/C20H28N2S/c1-2-3-4-5-9-16-23-20(17-22-15-14-21-18-22)13-12-19-10-7-6-8-11-19/h6-8,10-15,18,20H,2-5,9,16-17H2,1H3/b13-12+. The molecule has 0 radical (unpaired) electrons. The van der Waals surface area contributed by atoms with E-state index in [2.05, 4.69) is 70.7 Å². The summed E-state index contributed by atoms with van der Waals surface area (Å²) in [6, 6.07) is 10.5. The van der Waals surface area contributed by atoms with Gasteiger partial charge in [0.05, 0.1) is 6.33 Å². The zero-order valence-corrected chi connectivity index (χ0v) is 14.9. The van der Waals surface area contributed by atoms with Gasteiger partial charge in [-0.1, -0.05) is 75.1 Å². The van der Waals surface area contributed by atoms with Crippen LogP contribution in [0.1, 0.15) is 44.6 Å². The molecule has 0 bridgehead atoms. The lowest BCUT2D eigenvalue weighted by atomic mass is 10.2. The highest BCUT2D eigenvalue weighted by Gasteiger charge is 2.06. The molecule has 0 spiro atoms. The van der Waals surface area contributed by atoms with Crippen molar-refractivity contribution in [1.82, 2.24) is 9.55 Å². The smallest absolute Gasteiger partial charge is 0.0946 e. The van der Waals surface area contributed by atoms with Crippen LogP contribution in [0.4, 0.5) is 0 Å². The molecule has 23 heavy (non-hydrogen) atoms. The number of aromatic nitrogens is 2. The topological polar surface area (TPSA) is 17.8 Å². The summed E-state index contributed by atoms with van der Waals surface area (Å²) in [4.78, 5) is 4.15. The molecule has 1 heterocycles. The van der Waals surface area contributed by atoms with Gasteiger partial charge in [-0.3, -0.25) is 0 Å². The molecular weight excluding hydrogens is 300 g/mol. The first kappa shape index (κ1) is 17.9. The number of thioether (sulfide) groups is 1. The van der Waals surface area contributed by atoms with Crippen LogP contribution < -0.4 is 0 Å². The van der Waals surface area contributed by atoms with Gasteiger partial charge in [0.2, 0.25) is 0 Å². The Kier molecular flexibility index (Phi) is 8.64. The molecule has 1 aromatic carbocycles. The number of rotatable bonds is 11. The van der Waals surface area contributed by atoms with E-state index in [9.17, 15) is 0 Å². The van der Waals surface area contributed by atoms with Crippen molar-refractivity contribution in [3.8, 4) is 0 Å². The van der Waals surface area contributed by atoms with E-state index in [1.54, 1.807) is 0 Å². The lowest BCUT2D eigenvalue weighted by molar-refractivity contribution is 0.658. The minimum absolute atomic E-state index is 0.496. The van der Waals surface area contributed by atoms with Crippen molar-refractivity contribution in [3.63, 3.8) is 0 Å². The number of hydrogen-bond donors (Lipinski definition) is 0. The molecule has 0 fully saturated rings. The monoisotopic (exact) mass is 328 g/mol. The fourth-order valence-corrected chi connectivity index (χ4v) is 3.64. The third-order valence-electron chi connectivity index (χ3n) is 3.83. The summed E-state index contributed by atoms with van der Waals surface area (Å²) >= 11 is 2.06. The Balaban J connectivity index is 1.83. The van der Waals surface area contributed by atoms with Crippen LogP contribution in [-0.2, 0) is 6.54 Å². The largest absolute Gasteiger partial charge is 0.336 e. The summed E-state index contributed by atoms with van der Waals surface area (Å²) in [5.74, 6) is 1.24. The van der Waals surface area contributed by atoms with E-state index in [0.717, 1.165) is 6.54 Å². The molecule has 1 atom stereocenters. The maximum absolute atomic E-state index is 4.15. The second kappa shape index (κ2) is 11.1. The minimum Gasteiger partial charge on any atom is -0.336 e. The van der Waals surface area contributed by atoms with Gasteiger partial charge in [-0.25, -0.2) is 4.98 Å². The summed E-state index contributed by atoms with van der Waals surface area (Å²) < 4.78 is 2.17. The molecule has 0 aliphatic carbocycles. The lowest BCUT2D eigenvalue weighted by Crippen LogP contribution is -2.10. The van der Waals surface area contributed by atoms with E-state index >= 15 is 0 Å². The summed E-state index contributed by atoms with van der Waals surface area (Å²) in [5, 5.41) is 0.496. The number of nitrogens with zero attached hydrogens (tertiary/aromatic N) is 2. The van der Waals surface area contributed by atoms with Crippen LogP contribution in [0.15, 0.2) is 55.1 Å². The molecule has 3 heteroatoms. The number of benzene rings is 1. The van der Waals surface area contributed by atoms with E-state index in [-0.39, 0.29) is 0 Å². The second-order valence-corrected chi connectivity index (χ2v) is 7.20. The third kappa shape index (κ3) is 7.56. The maximum atomic E-state index is 4.15. The maximum Gasteiger partial charge on any atom is 0.0946 e. The van der Waals surface area contributed by atoms with E-state index in [1.807, 2.05) is 18.7 Å². The van der Waals surface area contributed by atoms with Gasteiger partial charge in [0.1, 0.15) is 0 Å². The normalized spacial score (nSPS) is 12.7. The minimum atomic E-state index is 0.496. The Labute approximate surface area is 145 Å². The van der Waals surface area contributed by atoms with Gasteiger partial charge in [0.15, 0.2) is 0 Å². The van der Waals surface area contributed by atoms with Gasteiger partial charge < -0.3 is 4.57 Å². The average molecular weight is 329 g/mol. The molecule has 0 saturated carbocycles. The van der Waals surface area contributed by atoms with Gasteiger partial charge in [-0.05, 0) is 17.7 Å². The Morgan fingerprint density at radius 1 is 1.13 bits per heavy atom. The van der Waals surface area contributed by atoms with Gasteiger partial charge in [-0.15, -0.1) is 0 Å². The zero-order chi connectivity index (χ0) is 16.2. The summed E-state index contributed by atoms with van der Waals surface area (Å²) in [7, 11) is 0. The summed E-state index contributed by atoms with van der Waals surface area (Å²) in [6.07, 6.45) is 17.1. The molecule has 0 aliphatic rings. The average Bonchev–Trinajstić information content (AvgIpc) is 3.09. The SMILES string of the molecule is CCCCCCCSC(/C=C/c1ccccc1)Cn1ccnc1. The number of imidazole rings is 1. The Hall–Kier alpha value is -1.48. The van der Waals surface area contributed by atoms with Gasteiger partial charge >= 0.3 is 0 Å². The molecule has 2 rings (SSSR count). The molecule has 2 aromatic rings.